The fourth-order valence-corrected chi connectivity index (χ4v) is 2.55. The molecule has 0 fully saturated rings. The molecule has 1 unspecified atom stereocenters. The zero-order chi connectivity index (χ0) is 17.3. The number of thioether (sulfide) groups is 1. The van der Waals surface area contributed by atoms with Crippen molar-refractivity contribution in [3.63, 3.8) is 0 Å². The molecule has 0 amide bonds. The first kappa shape index (κ1) is 23.6. The van der Waals surface area contributed by atoms with Crippen LogP contribution in [0.25, 0.3) is 0 Å². The van der Waals surface area contributed by atoms with Crippen LogP contribution in [0.5, 0.6) is 0 Å². The van der Waals surface area contributed by atoms with Gasteiger partial charge in [0.05, 0.1) is 12.3 Å². The summed E-state index contributed by atoms with van der Waals surface area (Å²) in [6, 6.07) is 4.18. The Morgan fingerprint density at radius 3 is 2.46 bits per heavy atom. The van der Waals surface area contributed by atoms with Crippen LogP contribution in [0.3, 0.4) is 0 Å². The summed E-state index contributed by atoms with van der Waals surface area (Å²) in [5.74, 6) is 1.82. The fraction of sp³-hybridized carbons (Fsp3) is 0.706. The summed E-state index contributed by atoms with van der Waals surface area (Å²) in [7, 11) is 1.81. The van der Waals surface area contributed by atoms with Crippen molar-refractivity contribution in [3.8, 4) is 0 Å². The summed E-state index contributed by atoms with van der Waals surface area (Å²) in [4.78, 5) is 6.71. The number of guanidine groups is 1. The van der Waals surface area contributed by atoms with Crippen LogP contribution in [0.4, 0.5) is 0 Å². The number of hydrogen-bond donors (Lipinski definition) is 2. The molecule has 0 saturated carbocycles. The molecule has 0 aliphatic rings. The van der Waals surface area contributed by atoms with Crippen LogP contribution in [0.1, 0.15) is 39.5 Å². The third-order valence-corrected chi connectivity index (χ3v) is 5.29. The molecule has 1 aromatic heterocycles. The predicted molar refractivity (Wildman–Crippen MR) is 117 cm³/mol. The number of nitrogens with one attached hydrogen (secondary N) is 2. The highest BCUT2D eigenvalue weighted by Crippen LogP contribution is 2.21. The maximum atomic E-state index is 5.63. The molecule has 1 atom stereocenters. The van der Waals surface area contributed by atoms with E-state index in [1.165, 1.54) is 0 Å². The topological polar surface area (TPSA) is 52.8 Å². The lowest BCUT2D eigenvalue weighted by molar-refractivity contribution is 0.193. The van der Waals surface area contributed by atoms with Crippen molar-refractivity contribution in [1.82, 2.24) is 15.5 Å². The van der Waals surface area contributed by atoms with Crippen LogP contribution in [0, 0.1) is 0 Å². The molecule has 140 valence electrons. The first-order valence-corrected chi connectivity index (χ1v) is 9.47. The van der Waals surface area contributed by atoms with Crippen molar-refractivity contribution in [3.05, 3.63) is 24.2 Å². The lowest BCUT2D eigenvalue weighted by Gasteiger charge is -2.29. The fourth-order valence-electron chi connectivity index (χ4n) is 2.34. The number of halogens is 1. The summed E-state index contributed by atoms with van der Waals surface area (Å²) in [5.41, 5.74) is 0. The molecule has 0 aliphatic heterocycles. The number of likely N-dealkylation sites (N-methyl/N-ethyl adjacent to an activating group) is 1. The minimum absolute atomic E-state index is 0. The quantitative estimate of drug-likeness (QED) is 0.330. The van der Waals surface area contributed by atoms with E-state index in [1.54, 1.807) is 13.3 Å². The third-order valence-electron chi connectivity index (χ3n) is 4.05. The van der Waals surface area contributed by atoms with Crippen LogP contribution < -0.4 is 10.6 Å². The Kier molecular flexibility index (Phi) is 11.8. The van der Waals surface area contributed by atoms with Crippen molar-refractivity contribution in [2.75, 3.05) is 39.5 Å². The summed E-state index contributed by atoms with van der Waals surface area (Å²) in [5, 5.41) is 6.84. The summed E-state index contributed by atoms with van der Waals surface area (Å²) in [6.07, 6.45) is 3.87. The molecule has 1 aromatic rings. The second kappa shape index (κ2) is 12.0. The van der Waals surface area contributed by atoms with E-state index in [1.807, 2.05) is 23.9 Å². The minimum atomic E-state index is 0. The molecule has 5 nitrogen and oxygen atoms in total. The Bertz CT molecular complexity index is 461. The highest BCUT2D eigenvalue weighted by molar-refractivity contribution is 14.0. The zero-order valence-corrected chi connectivity index (χ0v) is 18.9. The van der Waals surface area contributed by atoms with Crippen molar-refractivity contribution in [1.29, 1.82) is 0 Å². The SMILES string of the molecule is CCN(CC)C(CNC(=NC)NCC(C)(C)SC)c1ccco1.I. The van der Waals surface area contributed by atoms with Gasteiger partial charge in [0, 0.05) is 24.9 Å². The summed E-state index contributed by atoms with van der Waals surface area (Å²) in [6.45, 7) is 12.4. The lowest BCUT2D eigenvalue weighted by Crippen LogP contribution is -2.46. The van der Waals surface area contributed by atoms with E-state index in [0.717, 1.165) is 37.9 Å². The standard InChI is InChI=1S/C17H32N4OS.HI/c1-7-21(8-2)14(15-10-9-11-22-15)12-19-16(18-5)20-13-17(3,4)23-6;/h9-11,14H,7-8,12-13H2,1-6H3,(H2,18,19,20);1H. The molecule has 0 spiro atoms. The van der Waals surface area contributed by atoms with Gasteiger partial charge in [0.1, 0.15) is 5.76 Å². The molecule has 0 saturated heterocycles. The molecular formula is C17H33IN4OS. The van der Waals surface area contributed by atoms with Crippen molar-refractivity contribution < 1.29 is 4.42 Å². The second-order valence-electron chi connectivity index (χ2n) is 6.02. The molecule has 0 bridgehead atoms. The minimum Gasteiger partial charge on any atom is -0.468 e. The first-order valence-electron chi connectivity index (χ1n) is 8.24. The lowest BCUT2D eigenvalue weighted by atomic mass is 10.2. The number of nitrogens with zero attached hydrogens (tertiary/aromatic N) is 2. The molecule has 1 heterocycles. The van der Waals surface area contributed by atoms with Crippen LogP contribution in [-0.2, 0) is 0 Å². The van der Waals surface area contributed by atoms with E-state index in [4.69, 9.17) is 4.42 Å². The van der Waals surface area contributed by atoms with E-state index >= 15 is 0 Å². The number of rotatable bonds is 9. The number of hydrogen-bond acceptors (Lipinski definition) is 4. The molecule has 7 heteroatoms. The van der Waals surface area contributed by atoms with Crippen molar-refractivity contribution in [2.24, 2.45) is 4.99 Å². The number of furan rings is 1. The average molecular weight is 468 g/mol. The molecule has 1 rings (SSSR count). The van der Waals surface area contributed by atoms with Crippen LogP contribution in [0.15, 0.2) is 27.8 Å². The van der Waals surface area contributed by atoms with Gasteiger partial charge >= 0.3 is 0 Å². The Morgan fingerprint density at radius 2 is 2.00 bits per heavy atom. The molecular weight excluding hydrogens is 435 g/mol. The van der Waals surface area contributed by atoms with Gasteiger partial charge in [-0.05, 0) is 45.3 Å². The number of aliphatic imine (C=N–C) groups is 1. The van der Waals surface area contributed by atoms with Crippen LogP contribution in [0.2, 0.25) is 0 Å². The van der Waals surface area contributed by atoms with E-state index in [-0.39, 0.29) is 34.8 Å². The van der Waals surface area contributed by atoms with Gasteiger partial charge in [-0.3, -0.25) is 9.89 Å². The van der Waals surface area contributed by atoms with Gasteiger partial charge in [0.2, 0.25) is 0 Å². The molecule has 0 aromatic carbocycles. The maximum Gasteiger partial charge on any atom is 0.191 e. The van der Waals surface area contributed by atoms with Gasteiger partial charge in [-0.25, -0.2) is 0 Å². The largest absolute Gasteiger partial charge is 0.468 e. The van der Waals surface area contributed by atoms with Crippen LogP contribution in [-0.4, -0.2) is 55.1 Å². The van der Waals surface area contributed by atoms with Gasteiger partial charge in [-0.1, -0.05) is 13.8 Å². The highest BCUT2D eigenvalue weighted by Gasteiger charge is 2.21. The maximum absolute atomic E-state index is 5.63. The normalized spacial score (nSPS) is 13.5. The third kappa shape index (κ3) is 7.65. The van der Waals surface area contributed by atoms with E-state index in [9.17, 15) is 0 Å². The zero-order valence-electron chi connectivity index (χ0n) is 15.8. The van der Waals surface area contributed by atoms with Gasteiger partial charge in [-0.2, -0.15) is 11.8 Å². The molecule has 2 N–H and O–H groups in total. The summed E-state index contributed by atoms with van der Waals surface area (Å²) < 4.78 is 5.81. The second-order valence-corrected chi connectivity index (χ2v) is 7.54. The Morgan fingerprint density at radius 1 is 1.33 bits per heavy atom. The van der Waals surface area contributed by atoms with E-state index < -0.39 is 0 Å². The molecule has 0 radical (unpaired) electrons. The molecule has 24 heavy (non-hydrogen) atoms. The van der Waals surface area contributed by atoms with Gasteiger partial charge < -0.3 is 15.1 Å². The van der Waals surface area contributed by atoms with Gasteiger partial charge in [0.15, 0.2) is 5.96 Å². The Labute approximate surface area is 168 Å². The smallest absolute Gasteiger partial charge is 0.191 e. The van der Waals surface area contributed by atoms with Crippen molar-refractivity contribution in [2.45, 2.75) is 38.5 Å². The predicted octanol–water partition coefficient (Wildman–Crippen LogP) is 3.59. The first-order chi connectivity index (χ1) is 11.0. The Balaban J connectivity index is 0.00000529. The van der Waals surface area contributed by atoms with Crippen LogP contribution >= 0.6 is 35.7 Å². The monoisotopic (exact) mass is 468 g/mol. The summed E-state index contributed by atoms with van der Waals surface area (Å²) >= 11 is 1.85. The van der Waals surface area contributed by atoms with Gasteiger partial charge in [-0.15, -0.1) is 24.0 Å². The van der Waals surface area contributed by atoms with E-state index in [0.29, 0.717) is 0 Å². The Hall–Kier alpha value is -0.410. The van der Waals surface area contributed by atoms with Gasteiger partial charge in [0.25, 0.3) is 0 Å². The van der Waals surface area contributed by atoms with Crippen molar-refractivity contribution >= 4 is 41.7 Å². The molecule has 0 aliphatic carbocycles. The highest BCUT2D eigenvalue weighted by atomic mass is 127. The van der Waals surface area contributed by atoms with E-state index in [2.05, 4.69) is 54.5 Å². The average Bonchev–Trinajstić information content (AvgIpc) is 3.08.